The van der Waals surface area contributed by atoms with Crippen molar-refractivity contribution in [1.82, 2.24) is 9.88 Å². The number of para-hydroxylation sites is 1. The summed E-state index contributed by atoms with van der Waals surface area (Å²) in [5.74, 6) is 1.19. The number of morpholine rings is 1. The van der Waals surface area contributed by atoms with Gasteiger partial charge in [0.1, 0.15) is 5.82 Å². The van der Waals surface area contributed by atoms with Crippen LogP contribution in [0.4, 0.5) is 11.5 Å². The van der Waals surface area contributed by atoms with Gasteiger partial charge in [0.05, 0.1) is 13.2 Å². The maximum atomic E-state index is 12.9. The Balaban J connectivity index is 1.33. The number of aromatic nitrogens is 1. The molecule has 0 atom stereocenters. The SMILES string of the molecule is Cc1ccc(N2CCC(C(=O)Nc3ccccc3CN3CCOCC3)CC2)nc1. The third kappa shape index (κ3) is 5.14. The summed E-state index contributed by atoms with van der Waals surface area (Å²) in [5, 5.41) is 3.20. The molecule has 0 unspecified atom stereocenters. The van der Waals surface area contributed by atoms with Crippen LogP contribution in [0.15, 0.2) is 42.6 Å². The first-order valence-electron chi connectivity index (χ1n) is 10.6. The molecule has 2 fully saturated rings. The van der Waals surface area contributed by atoms with Gasteiger partial charge in [-0.05, 0) is 43.0 Å². The molecular weight excluding hydrogens is 364 g/mol. The van der Waals surface area contributed by atoms with Crippen LogP contribution in [0.3, 0.4) is 0 Å². The van der Waals surface area contributed by atoms with Crippen LogP contribution in [0.2, 0.25) is 0 Å². The second-order valence-electron chi connectivity index (χ2n) is 7.99. The van der Waals surface area contributed by atoms with Crippen LogP contribution < -0.4 is 10.2 Å². The Bertz CT molecular complexity index is 810. The van der Waals surface area contributed by atoms with E-state index in [0.717, 1.165) is 70.3 Å². The molecule has 4 rings (SSSR count). The molecule has 0 aliphatic carbocycles. The minimum absolute atomic E-state index is 0.0492. The molecule has 2 saturated heterocycles. The van der Waals surface area contributed by atoms with Crippen molar-refractivity contribution in [2.24, 2.45) is 5.92 Å². The van der Waals surface area contributed by atoms with E-state index in [2.05, 4.69) is 38.3 Å². The molecule has 6 heteroatoms. The summed E-state index contributed by atoms with van der Waals surface area (Å²) in [4.78, 5) is 22.1. The Kier molecular flexibility index (Phi) is 6.42. The first-order chi connectivity index (χ1) is 14.2. The highest BCUT2D eigenvalue weighted by Gasteiger charge is 2.26. The molecule has 0 bridgehead atoms. The maximum Gasteiger partial charge on any atom is 0.227 e. The average molecular weight is 395 g/mol. The van der Waals surface area contributed by atoms with E-state index < -0.39 is 0 Å². The van der Waals surface area contributed by atoms with E-state index in [1.807, 2.05) is 31.3 Å². The normalized spacial score (nSPS) is 18.6. The number of benzene rings is 1. The minimum Gasteiger partial charge on any atom is -0.379 e. The summed E-state index contributed by atoms with van der Waals surface area (Å²) >= 11 is 0. The Hall–Kier alpha value is -2.44. The molecule has 3 heterocycles. The molecule has 1 aromatic heterocycles. The Morgan fingerprint density at radius 2 is 1.86 bits per heavy atom. The number of ether oxygens (including phenoxy) is 1. The first-order valence-corrected chi connectivity index (χ1v) is 10.6. The number of aryl methyl sites for hydroxylation is 1. The van der Waals surface area contributed by atoms with E-state index in [1.54, 1.807) is 0 Å². The van der Waals surface area contributed by atoms with E-state index in [1.165, 1.54) is 11.1 Å². The zero-order valence-corrected chi connectivity index (χ0v) is 17.1. The molecule has 0 saturated carbocycles. The van der Waals surface area contributed by atoms with Crippen molar-refractivity contribution in [3.8, 4) is 0 Å². The second-order valence-corrected chi connectivity index (χ2v) is 7.99. The monoisotopic (exact) mass is 394 g/mol. The molecule has 1 N–H and O–H groups in total. The number of nitrogens with one attached hydrogen (secondary N) is 1. The average Bonchev–Trinajstić information content (AvgIpc) is 2.76. The fourth-order valence-corrected chi connectivity index (χ4v) is 4.03. The fourth-order valence-electron chi connectivity index (χ4n) is 4.03. The van der Waals surface area contributed by atoms with E-state index in [9.17, 15) is 4.79 Å². The predicted molar refractivity (Wildman–Crippen MR) is 115 cm³/mol. The van der Waals surface area contributed by atoms with Crippen LogP contribution in [0.5, 0.6) is 0 Å². The Morgan fingerprint density at radius 3 is 2.59 bits per heavy atom. The summed E-state index contributed by atoms with van der Waals surface area (Å²) < 4.78 is 5.44. The predicted octanol–water partition coefficient (Wildman–Crippen LogP) is 3.08. The van der Waals surface area contributed by atoms with E-state index in [0.29, 0.717) is 0 Å². The highest BCUT2D eigenvalue weighted by atomic mass is 16.5. The van der Waals surface area contributed by atoms with E-state index >= 15 is 0 Å². The molecular formula is C23H30N4O2. The van der Waals surface area contributed by atoms with Crippen molar-refractivity contribution in [3.63, 3.8) is 0 Å². The van der Waals surface area contributed by atoms with Crippen LogP contribution in [-0.4, -0.2) is 55.2 Å². The van der Waals surface area contributed by atoms with Gasteiger partial charge in [-0.1, -0.05) is 24.3 Å². The lowest BCUT2D eigenvalue weighted by Gasteiger charge is -2.32. The number of hydrogen-bond donors (Lipinski definition) is 1. The van der Waals surface area contributed by atoms with Gasteiger partial charge in [0, 0.05) is 50.5 Å². The molecule has 154 valence electrons. The number of piperidine rings is 1. The van der Waals surface area contributed by atoms with Crippen LogP contribution in [0.1, 0.15) is 24.0 Å². The van der Waals surface area contributed by atoms with Gasteiger partial charge in [0.15, 0.2) is 0 Å². The quantitative estimate of drug-likeness (QED) is 0.845. The molecule has 2 aliphatic heterocycles. The molecule has 1 amide bonds. The van der Waals surface area contributed by atoms with Gasteiger partial charge >= 0.3 is 0 Å². The van der Waals surface area contributed by atoms with E-state index in [4.69, 9.17) is 4.74 Å². The lowest BCUT2D eigenvalue weighted by atomic mass is 9.95. The van der Waals surface area contributed by atoms with Crippen LogP contribution in [-0.2, 0) is 16.1 Å². The van der Waals surface area contributed by atoms with Crippen LogP contribution >= 0.6 is 0 Å². The van der Waals surface area contributed by atoms with Gasteiger partial charge in [-0.3, -0.25) is 9.69 Å². The second kappa shape index (κ2) is 9.37. The number of carbonyl (C=O) groups is 1. The molecule has 2 aromatic rings. The Morgan fingerprint density at radius 1 is 1.10 bits per heavy atom. The summed E-state index contributed by atoms with van der Waals surface area (Å²) in [6.07, 6.45) is 3.61. The Labute approximate surface area is 172 Å². The molecule has 1 aromatic carbocycles. The first kappa shape index (κ1) is 19.9. The number of carbonyl (C=O) groups excluding carboxylic acids is 1. The number of rotatable bonds is 5. The lowest BCUT2D eigenvalue weighted by molar-refractivity contribution is -0.120. The topological polar surface area (TPSA) is 57.7 Å². The van der Waals surface area contributed by atoms with Crippen molar-refractivity contribution in [1.29, 1.82) is 0 Å². The van der Waals surface area contributed by atoms with Gasteiger partial charge in [-0.25, -0.2) is 4.98 Å². The summed E-state index contributed by atoms with van der Waals surface area (Å²) in [5.41, 5.74) is 3.27. The smallest absolute Gasteiger partial charge is 0.227 e. The van der Waals surface area contributed by atoms with Crippen molar-refractivity contribution in [3.05, 3.63) is 53.7 Å². The van der Waals surface area contributed by atoms with Crippen molar-refractivity contribution in [2.45, 2.75) is 26.3 Å². The standard InChI is InChI=1S/C23H30N4O2/c1-18-6-7-22(24-16-18)27-10-8-19(9-11-27)23(28)25-21-5-3-2-4-20(21)17-26-12-14-29-15-13-26/h2-7,16,19H,8-15,17H2,1H3,(H,25,28). The zero-order valence-electron chi connectivity index (χ0n) is 17.1. The molecule has 29 heavy (non-hydrogen) atoms. The van der Waals surface area contributed by atoms with Gasteiger partial charge in [-0.2, -0.15) is 0 Å². The van der Waals surface area contributed by atoms with Crippen LogP contribution in [0.25, 0.3) is 0 Å². The number of hydrogen-bond acceptors (Lipinski definition) is 5. The molecule has 6 nitrogen and oxygen atoms in total. The maximum absolute atomic E-state index is 12.9. The third-order valence-electron chi connectivity index (χ3n) is 5.86. The summed E-state index contributed by atoms with van der Waals surface area (Å²) in [6, 6.07) is 12.3. The van der Waals surface area contributed by atoms with Gasteiger partial charge in [-0.15, -0.1) is 0 Å². The number of amides is 1. The molecule has 0 radical (unpaired) electrons. The zero-order chi connectivity index (χ0) is 20.1. The van der Waals surface area contributed by atoms with Crippen molar-refractivity contribution in [2.75, 3.05) is 49.6 Å². The fraction of sp³-hybridized carbons (Fsp3) is 0.478. The van der Waals surface area contributed by atoms with Gasteiger partial charge in [0.25, 0.3) is 0 Å². The number of anilines is 2. The summed E-state index contributed by atoms with van der Waals surface area (Å²) in [6.45, 7) is 8.06. The van der Waals surface area contributed by atoms with Crippen molar-refractivity contribution >= 4 is 17.4 Å². The third-order valence-corrected chi connectivity index (χ3v) is 5.86. The molecule has 0 spiro atoms. The highest BCUT2D eigenvalue weighted by molar-refractivity contribution is 5.93. The summed E-state index contributed by atoms with van der Waals surface area (Å²) in [7, 11) is 0. The van der Waals surface area contributed by atoms with Gasteiger partial charge in [0.2, 0.25) is 5.91 Å². The van der Waals surface area contributed by atoms with E-state index in [-0.39, 0.29) is 11.8 Å². The van der Waals surface area contributed by atoms with Gasteiger partial charge < -0.3 is 15.0 Å². The largest absolute Gasteiger partial charge is 0.379 e. The van der Waals surface area contributed by atoms with Crippen molar-refractivity contribution < 1.29 is 9.53 Å². The number of nitrogens with zero attached hydrogens (tertiary/aromatic N) is 3. The van der Waals surface area contributed by atoms with Crippen LogP contribution in [0, 0.1) is 12.8 Å². The molecule has 2 aliphatic rings. The number of pyridine rings is 1. The lowest BCUT2D eigenvalue weighted by Crippen LogP contribution is -2.39. The minimum atomic E-state index is 0.0492. The highest BCUT2D eigenvalue weighted by Crippen LogP contribution is 2.25.